The molecule has 2 atom stereocenters. The number of hydrogen-bond donors (Lipinski definition) is 2. The van der Waals surface area contributed by atoms with Gasteiger partial charge in [-0.2, -0.15) is 0 Å². The van der Waals surface area contributed by atoms with Crippen LogP contribution < -0.4 is 5.32 Å². The summed E-state index contributed by atoms with van der Waals surface area (Å²) < 4.78 is 5.44. The molecule has 0 spiro atoms. The molecule has 2 saturated heterocycles. The molecule has 2 N–H and O–H groups in total. The van der Waals surface area contributed by atoms with Gasteiger partial charge in [0.2, 0.25) is 0 Å². The second-order valence-corrected chi connectivity index (χ2v) is 7.38. The number of nitrogens with zero attached hydrogens (tertiary/aromatic N) is 2. The van der Waals surface area contributed by atoms with Gasteiger partial charge in [-0.1, -0.05) is 12.8 Å². The minimum Gasteiger partial charge on any atom is -0.396 e. The van der Waals surface area contributed by atoms with Crippen LogP contribution in [0.3, 0.4) is 0 Å². The Bertz CT molecular complexity index is 385. The van der Waals surface area contributed by atoms with Crippen LogP contribution in [0.25, 0.3) is 0 Å². The van der Waals surface area contributed by atoms with E-state index >= 15 is 0 Å². The molecule has 3 rings (SSSR count). The zero-order valence-corrected chi connectivity index (χ0v) is 16.6. The first-order valence-electron chi connectivity index (χ1n) is 8.90. The fraction of sp³-hybridized carbons (Fsp3) is 0.941. The molecule has 1 aliphatic carbocycles. The summed E-state index contributed by atoms with van der Waals surface area (Å²) in [5, 5.41) is 13.4. The molecule has 0 amide bonds. The molecule has 3 fully saturated rings. The molecule has 0 radical (unpaired) electrons. The smallest absolute Gasteiger partial charge is 0.193 e. The van der Waals surface area contributed by atoms with Crippen molar-refractivity contribution in [3.63, 3.8) is 0 Å². The van der Waals surface area contributed by atoms with E-state index in [9.17, 15) is 5.11 Å². The van der Waals surface area contributed by atoms with Gasteiger partial charge in [-0.25, -0.2) is 0 Å². The number of aliphatic imine (C=N–C) groups is 1. The topological polar surface area (TPSA) is 57.1 Å². The minimum atomic E-state index is -0.0410. The average molecular weight is 437 g/mol. The number of nitrogens with one attached hydrogen (secondary N) is 1. The van der Waals surface area contributed by atoms with Gasteiger partial charge in [0.15, 0.2) is 5.96 Å². The molecule has 5 nitrogen and oxygen atoms in total. The van der Waals surface area contributed by atoms with Crippen molar-refractivity contribution in [1.29, 1.82) is 0 Å². The molecule has 2 aliphatic heterocycles. The predicted molar refractivity (Wildman–Crippen MR) is 103 cm³/mol. The maximum atomic E-state index is 9.81. The summed E-state index contributed by atoms with van der Waals surface area (Å²) in [6, 6.07) is 0. The average Bonchev–Trinajstić information content (AvgIpc) is 3.00. The highest BCUT2D eigenvalue weighted by molar-refractivity contribution is 14.0. The molecule has 0 bridgehead atoms. The maximum absolute atomic E-state index is 9.81. The van der Waals surface area contributed by atoms with E-state index in [-0.39, 0.29) is 36.0 Å². The molecule has 6 heteroatoms. The molecule has 134 valence electrons. The first-order chi connectivity index (χ1) is 10.8. The number of halogens is 1. The summed E-state index contributed by atoms with van der Waals surface area (Å²) >= 11 is 0. The van der Waals surface area contributed by atoms with Gasteiger partial charge in [-0.15, -0.1) is 24.0 Å². The number of fused-ring (bicyclic) bond motifs is 1. The second-order valence-electron chi connectivity index (χ2n) is 7.38. The Kier molecular flexibility index (Phi) is 7.41. The van der Waals surface area contributed by atoms with Crippen molar-refractivity contribution < 1.29 is 9.84 Å². The van der Waals surface area contributed by atoms with Gasteiger partial charge in [-0.3, -0.25) is 4.99 Å². The number of guanidine groups is 1. The number of likely N-dealkylation sites (tertiary alicyclic amines) is 1. The van der Waals surface area contributed by atoms with Crippen molar-refractivity contribution in [2.24, 2.45) is 22.2 Å². The molecule has 0 aromatic heterocycles. The van der Waals surface area contributed by atoms with E-state index in [0.717, 1.165) is 63.5 Å². The lowest BCUT2D eigenvalue weighted by Crippen LogP contribution is -2.48. The van der Waals surface area contributed by atoms with Crippen LogP contribution in [-0.2, 0) is 4.74 Å². The van der Waals surface area contributed by atoms with Gasteiger partial charge in [-0.05, 0) is 37.5 Å². The summed E-state index contributed by atoms with van der Waals surface area (Å²) in [4.78, 5) is 6.93. The third-order valence-corrected chi connectivity index (χ3v) is 6.00. The van der Waals surface area contributed by atoms with E-state index in [1.807, 2.05) is 7.05 Å². The Labute approximate surface area is 157 Å². The largest absolute Gasteiger partial charge is 0.396 e. The monoisotopic (exact) mass is 437 g/mol. The lowest BCUT2D eigenvalue weighted by atomic mass is 9.81. The molecule has 2 unspecified atom stereocenters. The van der Waals surface area contributed by atoms with Crippen molar-refractivity contribution in [2.45, 2.75) is 38.5 Å². The summed E-state index contributed by atoms with van der Waals surface area (Å²) in [6.45, 7) is 4.85. The molecule has 0 aromatic rings. The van der Waals surface area contributed by atoms with Crippen LogP contribution in [0.15, 0.2) is 4.99 Å². The van der Waals surface area contributed by atoms with Gasteiger partial charge >= 0.3 is 0 Å². The number of aliphatic hydroxyl groups excluding tert-OH is 1. The lowest BCUT2D eigenvalue weighted by Gasteiger charge is -2.36. The number of rotatable bonds is 3. The maximum Gasteiger partial charge on any atom is 0.193 e. The number of ether oxygens (including phenoxy) is 1. The van der Waals surface area contributed by atoms with Crippen molar-refractivity contribution in [2.75, 3.05) is 46.5 Å². The van der Waals surface area contributed by atoms with Gasteiger partial charge in [0.25, 0.3) is 0 Å². The predicted octanol–water partition coefficient (Wildman–Crippen LogP) is 2.09. The molecular formula is C17H32IN3O2. The Morgan fingerprint density at radius 2 is 1.83 bits per heavy atom. The standard InChI is InChI=1S/C17H31N3O2.HI/c1-18-16(19-12-17(13-21)6-8-22-9-7-17)20-10-14-4-2-3-5-15(14)11-20;/h14-15,21H,2-13H2,1H3,(H,18,19);1H. The van der Waals surface area contributed by atoms with Gasteiger partial charge < -0.3 is 20.1 Å². The SMILES string of the molecule is CN=C(NCC1(CO)CCOCC1)N1CC2CCCCC2C1.I. The van der Waals surface area contributed by atoms with Crippen molar-refractivity contribution >= 4 is 29.9 Å². The first-order valence-corrected chi connectivity index (χ1v) is 8.90. The first kappa shape index (κ1) is 19.2. The van der Waals surface area contributed by atoms with Crippen LogP contribution in [0.4, 0.5) is 0 Å². The zero-order chi connectivity index (χ0) is 15.4. The van der Waals surface area contributed by atoms with Crippen LogP contribution in [0.2, 0.25) is 0 Å². The quantitative estimate of drug-likeness (QED) is 0.404. The molecule has 2 heterocycles. The summed E-state index contributed by atoms with van der Waals surface area (Å²) in [7, 11) is 1.87. The Morgan fingerprint density at radius 3 is 2.35 bits per heavy atom. The summed E-state index contributed by atoms with van der Waals surface area (Å²) in [6.07, 6.45) is 7.42. The van der Waals surface area contributed by atoms with Crippen LogP contribution in [0, 0.1) is 17.3 Å². The Hall–Kier alpha value is -0.0800. The fourth-order valence-electron chi connectivity index (χ4n) is 4.37. The van der Waals surface area contributed by atoms with E-state index in [1.54, 1.807) is 0 Å². The Morgan fingerprint density at radius 1 is 1.22 bits per heavy atom. The van der Waals surface area contributed by atoms with Gasteiger partial charge in [0.1, 0.15) is 0 Å². The van der Waals surface area contributed by atoms with Crippen LogP contribution in [0.5, 0.6) is 0 Å². The van der Waals surface area contributed by atoms with Crippen molar-refractivity contribution in [1.82, 2.24) is 10.2 Å². The number of aliphatic hydroxyl groups is 1. The molecular weight excluding hydrogens is 405 g/mol. The lowest BCUT2D eigenvalue weighted by molar-refractivity contribution is -0.0134. The Balaban J connectivity index is 0.00000192. The van der Waals surface area contributed by atoms with E-state index in [0.29, 0.717) is 0 Å². The van der Waals surface area contributed by atoms with E-state index < -0.39 is 0 Å². The van der Waals surface area contributed by atoms with Gasteiger partial charge in [0, 0.05) is 45.3 Å². The van der Waals surface area contributed by atoms with Crippen LogP contribution >= 0.6 is 24.0 Å². The summed E-state index contributed by atoms with van der Waals surface area (Å²) in [5.41, 5.74) is -0.0410. The highest BCUT2D eigenvalue weighted by Gasteiger charge is 2.37. The highest BCUT2D eigenvalue weighted by atomic mass is 127. The summed E-state index contributed by atoms with van der Waals surface area (Å²) in [5.74, 6) is 2.75. The highest BCUT2D eigenvalue weighted by Crippen LogP contribution is 2.36. The minimum absolute atomic E-state index is 0. The van der Waals surface area contributed by atoms with Gasteiger partial charge in [0.05, 0.1) is 6.61 Å². The third kappa shape index (κ3) is 4.51. The molecule has 3 aliphatic rings. The molecule has 0 aromatic carbocycles. The number of hydrogen-bond acceptors (Lipinski definition) is 3. The van der Waals surface area contributed by atoms with Crippen LogP contribution in [0.1, 0.15) is 38.5 Å². The zero-order valence-electron chi connectivity index (χ0n) is 14.3. The second kappa shape index (κ2) is 8.85. The fourth-order valence-corrected chi connectivity index (χ4v) is 4.37. The van der Waals surface area contributed by atoms with E-state index in [4.69, 9.17) is 4.74 Å². The van der Waals surface area contributed by atoms with Crippen molar-refractivity contribution in [3.8, 4) is 0 Å². The third-order valence-electron chi connectivity index (χ3n) is 6.00. The normalized spacial score (nSPS) is 30.5. The molecule has 23 heavy (non-hydrogen) atoms. The van der Waals surface area contributed by atoms with Crippen LogP contribution in [-0.4, -0.2) is 62.5 Å². The van der Waals surface area contributed by atoms with Crippen molar-refractivity contribution in [3.05, 3.63) is 0 Å². The molecule has 1 saturated carbocycles. The van der Waals surface area contributed by atoms with E-state index in [2.05, 4.69) is 15.2 Å². The van der Waals surface area contributed by atoms with E-state index in [1.165, 1.54) is 25.7 Å².